The van der Waals surface area contributed by atoms with Gasteiger partial charge >= 0.3 is 0 Å². The van der Waals surface area contributed by atoms with Crippen LogP contribution in [0.4, 0.5) is 0 Å². The molecule has 1 atom stereocenters. The molecular formula is C27H26BrN3O5S. The van der Waals surface area contributed by atoms with E-state index in [2.05, 4.69) is 21.2 Å². The highest BCUT2D eigenvalue weighted by molar-refractivity contribution is 9.10. The number of rotatable bonds is 9. The van der Waals surface area contributed by atoms with Gasteiger partial charge in [-0.3, -0.25) is 14.4 Å². The molecule has 0 saturated carbocycles. The third-order valence-electron chi connectivity index (χ3n) is 6.05. The zero-order chi connectivity index (χ0) is 26.6. The first-order valence-electron chi connectivity index (χ1n) is 11.7. The predicted octanol–water partition coefficient (Wildman–Crippen LogP) is 3.37. The average molecular weight is 584 g/mol. The van der Waals surface area contributed by atoms with E-state index in [1.165, 1.54) is 23.1 Å². The van der Waals surface area contributed by atoms with E-state index in [1.807, 2.05) is 54.6 Å². The maximum atomic E-state index is 13.8. The molecule has 37 heavy (non-hydrogen) atoms. The van der Waals surface area contributed by atoms with Crippen molar-refractivity contribution < 1.29 is 22.8 Å². The second-order valence-corrected chi connectivity index (χ2v) is 11.3. The van der Waals surface area contributed by atoms with Crippen LogP contribution in [0.2, 0.25) is 0 Å². The van der Waals surface area contributed by atoms with E-state index in [-0.39, 0.29) is 29.3 Å². The Morgan fingerprint density at radius 2 is 1.65 bits per heavy atom. The van der Waals surface area contributed by atoms with E-state index in [1.54, 1.807) is 13.0 Å². The first-order chi connectivity index (χ1) is 17.7. The molecule has 3 aromatic carbocycles. The molecule has 1 N–H and O–H groups in total. The van der Waals surface area contributed by atoms with E-state index in [4.69, 9.17) is 0 Å². The van der Waals surface area contributed by atoms with E-state index >= 15 is 0 Å². The summed E-state index contributed by atoms with van der Waals surface area (Å²) in [6.07, 6.45) is 0.216. The lowest BCUT2D eigenvalue weighted by Gasteiger charge is -2.32. The van der Waals surface area contributed by atoms with Gasteiger partial charge < -0.3 is 10.2 Å². The molecule has 10 heteroatoms. The fourth-order valence-corrected chi connectivity index (χ4v) is 6.24. The van der Waals surface area contributed by atoms with E-state index in [9.17, 15) is 22.8 Å². The highest BCUT2D eigenvalue weighted by Gasteiger charge is 2.43. The van der Waals surface area contributed by atoms with Gasteiger partial charge in [0.1, 0.15) is 17.5 Å². The summed E-state index contributed by atoms with van der Waals surface area (Å²) in [5.74, 6) is -1.78. The van der Waals surface area contributed by atoms with Gasteiger partial charge in [0.25, 0.3) is 15.9 Å². The third-order valence-corrected chi connectivity index (χ3v) is 8.34. The molecule has 192 valence electrons. The number of amides is 3. The fourth-order valence-electron chi connectivity index (χ4n) is 4.28. The second-order valence-electron chi connectivity index (χ2n) is 8.56. The molecule has 0 aliphatic carbocycles. The molecule has 1 aliphatic heterocycles. The Labute approximate surface area is 224 Å². The minimum atomic E-state index is -4.19. The van der Waals surface area contributed by atoms with Gasteiger partial charge in [-0.05, 0) is 42.3 Å². The van der Waals surface area contributed by atoms with Crippen molar-refractivity contribution in [3.05, 3.63) is 100 Å². The number of nitrogens with one attached hydrogen (secondary N) is 1. The lowest BCUT2D eigenvalue weighted by molar-refractivity contribution is -0.141. The van der Waals surface area contributed by atoms with E-state index < -0.39 is 34.4 Å². The minimum Gasteiger partial charge on any atom is -0.355 e. The molecule has 8 nitrogen and oxygen atoms in total. The Kier molecular flexibility index (Phi) is 8.09. The van der Waals surface area contributed by atoms with Crippen molar-refractivity contribution in [3.63, 3.8) is 0 Å². The molecule has 4 rings (SSSR count). The number of carbonyl (C=O) groups is 3. The molecule has 1 aliphatic rings. The summed E-state index contributed by atoms with van der Waals surface area (Å²) in [5.41, 5.74) is 1.60. The number of hydrogen-bond donors (Lipinski definition) is 1. The van der Waals surface area contributed by atoms with Crippen LogP contribution in [-0.4, -0.2) is 54.5 Å². The summed E-state index contributed by atoms with van der Waals surface area (Å²) in [5, 5.41) is 2.79. The first-order valence-corrected chi connectivity index (χ1v) is 14.0. The van der Waals surface area contributed by atoms with Gasteiger partial charge in [-0.25, -0.2) is 12.7 Å². The summed E-state index contributed by atoms with van der Waals surface area (Å²) < 4.78 is 27.6. The molecule has 0 saturated heterocycles. The lowest BCUT2D eigenvalue weighted by Crippen LogP contribution is -2.53. The number of fused-ring (bicyclic) bond motifs is 1. The number of hydrogen-bond acceptors (Lipinski definition) is 5. The number of benzene rings is 3. The van der Waals surface area contributed by atoms with Crippen LogP contribution >= 0.6 is 15.9 Å². The van der Waals surface area contributed by atoms with Crippen molar-refractivity contribution in [3.8, 4) is 0 Å². The molecule has 0 bridgehead atoms. The normalized spacial score (nSPS) is 14.6. The maximum absolute atomic E-state index is 13.8. The van der Waals surface area contributed by atoms with Crippen LogP contribution in [0.1, 0.15) is 28.4 Å². The van der Waals surface area contributed by atoms with Crippen molar-refractivity contribution >= 4 is 43.7 Å². The second kappa shape index (κ2) is 11.3. The third kappa shape index (κ3) is 5.75. The Bertz CT molecular complexity index is 1430. The topological polar surface area (TPSA) is 104 Å². The first kappa shape index (κ1) is 26.6. The highest BCUT2D eigenvalue weighted by atomic mass is 79.9. The Balaban J connectivity index is 1.71. The van der Waals surface area contributed by atoms with Gasteiger partial charge in [0.2, 0.25) is 11.8 Å². The number of halogens is 1. The van der Waals surface area contributed by atoms with Crippen molar-refractivity contribution in [2.45, 2.75) is 30.8 Å². The number of sulfonamides is 1. The van der Waals surface area contributed by atoms with Crippen LogP contribution in [0.3, 0.4) is 0 Å². The predicted molar refractivity (Wildman–Crippen MR) is 142 cm³/mol. The van der Waals surface area contributed by atoms with Crippen LogP contribution < -0.4 is 5.32 Å². The van der Waals surface area contributed by atoms with Gasteiger partial charge in [0.15, 0.2) is 0 Å². The highest BCUT2D eigenvalue weighted by Crippen LogP contribution is 2.30. The SMILES string of the molecule is CCNC(=O)[C@@H](Cc1ccccc1)N(Cc1cccc(Br)c1)C(=O)CN1C(=O)c2ccccc2S1(=O)=O. The van der Waals surface area contributed by atoms with Crippen molar-refractivity contribution in [2.75, 3.05) is 13.1 Å². The summed E-state index contributed by atoms with van der Waals surface area (Å²) in [6, 6.07) is 21.5. The smallest absolute Gasteiger partial charge is 0.269 e. The van der Waals surface area contributed by atoms with Gasteiger partial charge in [-0.1, -0.05) is 70.5 Å². The zero-order valence-corrected chi connectivity index (χ0v) is 22.5. The molecule has 0 unspecified atom stereocenters. The molecule has 0 fully saturated rings. The quantitative estimate of drug-likeness (QED) is 0.416. The van der Waals surface area contributed by atoms with Gasteiger partial charge in [-0.15, -0.1) is 0 Å². The van der Waals surface area contributed by atoms with Crippen LogP contribution in [0.5, 0.6) is 0 Å². The lowest BCUT2D eigenvalue weighted by atomic mass is 10.0. The number of likely N-dealkylation sites (N-methyl/N-ethyl adjacent to an activating group) is 1. The summed E-state index contributed by atoms with van der Waals surface area (Å²) in [4.78, 5) is 41.2. The molecule has 0 radical (unpaired) electrons. The van der Waals surface area contributed by atoms with E-state index in [0.717, 1.165) is 15.6 Å². The molecular weight excluding hydrogens is 558 g/mol. The fraction of sp³-hybridized carbons (Fsp3) is 0.222. The van der Waals surface area contributed by atoms with Crippen LogP contribution in [0.15, 0.2) is 88.2 Å². The van der Waals surface area contributed by atoms with Gasteiger partial charge in [0.05, 0.1) is 5.56 Å². The van der Waals surface area contributed by atoms with Crippen molar-refractivity contribution in [2.24, 2.45) is 0 Å². The molecule has 1 heterocycles. The zero-order valence-electron chi connectivity index (χ0n) is 20.1. The minimum absolute atomic E-state index is 0.0263. The molecule has 3 aromatic rings. The Morgan fingerprint density at radius 1 is 0.973 bits per heavy atom. The monoisotopic (exact) mass is 583 g/mol. The average Bonchev–Trinajstić information content (AvgIpc) is 3.07. The van der Waals surface area contributed by atoms with Crippen LogP contribution in [0, 0.1) is 0 Å². The molecule has 0 spiro atoms. The number of carbonyl (C=O) groups excluding carboxylic acids is 3. The standard InChI is InChI=1S/C27H26BrN3O5S/c1-2-29-26(33)23(16-19-9-4-3-5-10-19)30(17-20-11-8-12-21(28)15-20)25(32)18-31-27(34)22-13-6-7-14-24(22)37(31,35)36/h3-15,23H,2,16-18H2,1H3,(H,29,33)/t23-/m1/s1. The van der Waals surface area contributed by atoms with Crippen molar-refractivity contribution in [1.29, 1.82) is 0 Å². The summed E-state index contributed by atoms with van der Waals surface area (Å²) in [7, 11) is -4.19. The van der Waals surface area contributed by atoms with Gasteiger partial charge in [0, 0.05) is 24.0 Å². The van der Waals surface area contributed by atoms with Gasteiger partial charge in [-0.2, -0.15) is 0 Å². The summed E-state index contributed by atoms with van der Waals surface area (Å²) in [6.45, 7) is 1.47. The van der Waals surface area contributed by atoms with Crippen molar-refractivity contribution in [1.82, 2.24) is 14.5 Å². The Hall–Kier alpha value is -3.50. The molecule has 0 aromatic heterocycles. The largest absolute Gasteiger partial charge is 0.355 e. The van der Waals surface area contributed by atoms with E-state index in [0.29, 0.717) is 10.8 Å². The molecule has 3 amide bonds. The number of nitrogens with zero attached hydrogens (tertiary/aromatic N) is 2. The maximum Gasteiger partial charge on any atom is 0.269 e. The summed E-state index contributed by atoms with van der Waals surface area (Å²) >= 11 is 3.43. The Morgan fingerprint density at radius 3 is 2.32 bits per heavy atom. The van der Waals surface area contributed by atoms with Crippen LogP contribution in [-0.2, 0) is 32.6 Å². The van der Waals surface area contributed by atoms with Crippen LogP contribution in [0.25, 0.3) is 0 Å².